The zero-order chi connectivity index (χ0) is 21.8. The minimum absolute atomic E-state index is 0.0575. The molecule has 0 spiro atoms. The Morgan fingerprint density at radius 2 is 1.69 bits per heavy atom. The average Bonchev–Trinajstić information content (AvgIpc) is 2.81. The number of fused-ring (bicyclic) bond motifs is 1. The fraction of sp³-hybridized carbons (Fsp3) is 0.278. The molecule has 3 rings (SSSR count). The Hall–Kier alpha value is -2.53. The van der Waals surface area contributed by atoms with Crippen LogP contribution in [-0.4, -0.2) is 18.0 Å². The summed E-state index contributed by atoms with van der Waals surface area (Å²) in [6, 6.07) is 5.07. The first kappa shape index (κ1) is 21.2. The Kier molecular flexibility index (Phi) is 4.95. The molecule has 1 heterocycles. The molecule has 11 heteroatoms. The van der Waals surface area contributed by atoms with E-state index >= 15 is 0 Å². The molecule has 4 nitrogen and oxygen atoms in total. The third kappa shape index (κ3) is 4.11. The van der Waals surface area contributed by atoms with Gasteiger partial charge >= 0.3 is 19.5 Å². The second-order valence-electron chi connectivity index (χ2n) is 6.99. The lowest BCUT2D eigenvalue weighted by Gasteiger charge is -2.19. The van der Waals surface area contributed by atoms with Gasteiger partial charge in [0, 0.05) is 5.69 Å². The summed E-state index contributed by atoms with van der Waals surface area (Å²) in [7, 11) is -1.28. The molecule has 0 aliphatic carbocycles. The summed E-state index contributed by atoms with van der Waals surface area (Å²) in [4.78, 5) is 12.4. The largest absolute Gasteiger partial charge is 0.492 e. The van der Waals surface area contributed by atoms with Crippen LogP contribution in [-0.2, 0) is 22.6 Å². The summed E-state index contributed by atoms with van der Waals surface area (Å²) >= 11 is 0. The van der Waals surface area contributed by atoms with Crippen LogP contribution in [0.4, 0.5) is 32.0 Å². The van der Waals surface area contributed by atoms with Crippen molar-refractivity contribution in [3.63, 3.8) is 0 Å². The number of hydrogen-bond donors (Lipinski definition) is 2. The zero-order valence-electron chi connectivity index (χ0n) is 15.1. The molecule has 1 aliphatic heterocycles. The topological polar surface area (TPSA) is 58.6 Å². The molecule has 0 bridgehead atoms. The molecule has 0 saturated carbocycles. The molecule has 1 amide bonds. The maximum Gasteiger partial charge on any atom is 0.492 e. The number of hydrogen-bond acceptors (Lipinski definition) is 3. The molecule has 1 aliphatic rings. The SMILES string of the molecule is CC1(C)OB(O)c2cc(NC(=O)c3ccc(C(F)(F)F)cc3C(F)(F)F)ccc21. The van der Waals surface area contributed by atoms with Gasteiger partial charge in [-0.15, -0.1) is 0 Å². The van der Waals surface area contributed by atoms with E-state index in [0.29, 0.717) is 23.2 Å². The van der Waals surface area contributed by atoms with Crippen molar-refractivity contribution in [3.8, 4) is 0 Å². The van der Waals surface area contributed by atoms with Crippen molar-refractivity contribution < 1.29 is 40.8 Å². The van der Waals surface area contributed by atoms with Crippen molar-refractivity contribution in [1.82, 2.24) is 0 Å². The van der Waals surface area contributed by atoms with Crippen molar-refractivity contribution in [2.75, 3.05) is 5.32 Å². The lowest BCUT2D eigenvalue weighted by molar-refractivity contribution is -0.143. The zero-order valence-corrected chi connectivity index (χ0v) is 15.1. The van der Waals surface area contributed by atoms with Gasteiger partial charge in [0.15, 0.2) is 0 Å². The number of carbonyl (C=O) groups excluding carboxylic acids is 1. The van der Waals surface area contributed by atoms with Crippen LogP contribution in [0.2, 0.25) is 0 Å². The average molecular weight is 417 g/mol. The van der Waals surface area contributed by atoms with Gasteiger partial charge in [-0.2, -0.15) is 26.3 Å². The highest BCUT2D eigenvalue weighted by Crippen LogP contribution is 2.37. The molecule has 0 unspecified atom stereocenters. The molecule has 154 valence electrons. The van der Waals surface area contributed by atoms with Crippen molar-refractivity contribution in [1.29, 1.82) is 0 Å². The summed E-state index contributed by atoms with van der Waals surface area (Å²) in [6.45, 7) is 3.41. The third-order valence-electron chi connectivity index (χ3n) is 4.53. The molecule has 0 atom stereocenters. The highest BCUT2D eigenvalue weighted by Gasteiger charge is 2.41. The summed E-state index contributed by atoms with van der Waals surface area (Å²) < 4.78 is 83.3. The third-order valence-corrected chi connectivity index (χ3v) is 4.53. The van der Waals surface area contributed by atoms with Crippen LogP contribution in [0, 0.1) is 0 Å². The minimum atomic E-state index is -5.17. The fourth-order valence-corrected chi connectivity index (χ4v) is 3.15. The number of anilines is 1. The first-order valence-corrected chi connectivity index (χ1v) is 8.30. The van der Waals surface area contributed by atoms with Crippen LogP contribution in [0.5, 0.6) is 0 Å². The second kappa shape index (κ2) is 6.77. The van der Waals surface area contributed by atoms with Crippen LogP contribution >= 0.6 is 0 Å². The maximum absolute atomic E-state index is 13.2. The van der Waals surface area contributed by atoms with Crippen LogP contribution in [0.15, 0.2) is 36.4 Å². The van der Waals surface area contributed by atoms with Gasteiger partial charge in [0.25, 0.3) is 5.91 Å². The Labute approximate surface area is 161 Å². The molecule has 0 aromatic heterocycles. The van der Waals surface area contributed by atoms with E-state index in [1.807, 2.05) is 0 Å². The van der Waals surface area contributed by atoms with E-state index < -0.39 is 47.7 Å². The fourth-order valence-electron chi connectivity index (χ4n) is 3.15. The van der Waals surface area contributed by atoms with Gasteiger partial charge in [-0.25, -0.2) is 0 Å². The van der Waals surface area contributed by atoms with E-state index in [2.05, 4.69) is 5.32 Å². The molecule has 29 heavy (non-hydrogen) atoms. The van der Waals surface area contributed by atoms with E-state index in [9.17, 15) is 36.2 Å². The predicted octanol–water partition coefficient (Wildman–Crippen LogP) is 3.93. The standard InChI is InChI=1S/C18H14BF6NO3/c1-16(2)12-6-4-10(8-14(12)19(28)29-16)26-15(27)11-5-3-9(17(20,21)22)7-13(11)18(23,24)25/h3-8,28H,1-2H3,(H,26,27). The minimum Gasteiger partial charge on any atom is -0.423 e. The molecular weight excluding hydrogens is 403 g/mol. The summed E-state index contributed by atoms with van der Waals surface area (Å²) in [5.41, 5.74) is -3.94. The Bertz CT molecular complexity index is 971. The number of nitrogens with one attached hydrogen (secondary N) is 1. The molecule has 2 N–H and O–H groups in total. The van der Waals surface area contributed by atoms with Gasteiger partial charge < -0.3 is 15.0 Å². The van der Waals surface area contributed by atoms with Crippen molar-refractivity contribution in [2.45, 2.75) is 31.8 Å². The summed E-state index contributed by atoms with van der Waals surface area (Å²) in [5.74, 6) is -1.24. The Morgan fingerprint density at radius 1 is 1.03 bits per heavy atom. The van der Waals surface area contributed by atoms with Gasteiger partial charge in [-0.05, 0) is 55.2 Å². The van der Waals surface area contributed by atoms with Gasteiger partial charge in [-0.1, -0.05) is 6.07 Å². The van der Waals surface area contributed by atoms with E-state index in [-0.39, 0.29) is 11.8 Å². The van der Waals surface area contributed by atoms with E-state index in [4.69, 9.17) is 4.65 Å². The smallest absolute Gasteiger partial charge is 0.423 e. The van der Waals surface area contributed by atoms with Crippen LogP contribution in [0.25, 0.3) is 0 Å². The quantitative estimate of drug-likeness (QED) is 0.576. The Morgan fingerprint density at radius 3 is 2.28 bits per heavy atom. The summed E-state index contributed by atoms with van der Waals surface area (Å²) in [6.07, 6.45) is -10.2. The summed E-state index contributed by atoms with van der Waals surface area (Å²) in [5, 5.41) is 12.2. The maximum atomic E-state index is 13.2. The van der Waals surface area contributed by atoms with Crippen LogP contribution < -0.4 is 10.8 Å². The molecule has 0 saturated heterocycles. The molecule has 2 aromatic carbocycles. The first-order valence-electron chi connectivity index (χ1n) is 8.30. The van der Waals surface area contributed by atoms with Gasteiger partial charge in [0.1, 0.15) is 0 Å². The molecular formula is C18H14BF6NO3. The van der Waals surface area contributed by atoms with Crippen LogP contribution in [0.1, 0.15) is 40.9 Å². The molecule has 2 aromatic rings. The predicted molar refractivity (Wildman–Crippen MR) is 92.6 cm³/mol. The van der Waals surface area contributed by atoms with Crippen molar-refractivity contribution in [2.24, 2.45) is 0 Å². The Balaban J connectivity index is 1.95. The van der Waals surface area contributed by atoms with E-state index in [1.54, 1.807) is 19.9 Å². The molecule has 0 fully saturated rings. The first-order chi connectivity index (χ1) is 13.2. The number of rotatable bonds is 2. The highest BCUT2D eigenvalue weighted by molar-refractivity contribution is 6.62. The van der Waals surface area contributed by atoms with Crippen molar-refractivity contribution >= 4 is 24.2 Å². The number of benzene rings is 2. The number of amides is 1. The monoisotopic (exact) mass is 417 g/mol. The van der Waals surface area contributed by atoms with E-state index in [0.717, 1.165) is 0 Å². The number of alkyl halides is 6. The lowest BCUT2D eigenvalue weighted by Crippen LogP contribution is -2.29. The van der Waals surface area contributed by atoms with Crippen molar-refractivity contribution in [3.05, 3.63) is 58.7 Å². The van der Waals surface area contributed by atoms with Gasteiger partial charge in [-0.3, -0.25) is 4.79 Å². The highest BCUT2D eigenvalue weighted by atomic mass is 19.4. The molecule has 0 radical (unpaired) electrons. The number of halogens is 6. The van der Waals surface area contributed by atoms with Crippen LogP contribution in [0.3, 0.4) is 0 Å². The van der Waals surface area contributed by atoms with Gasteiger partial charge in [0.05, 0.1) is 22.3 Å². The van der Waals surface area contributed by atoms with E-state index in [1.165, 1.54) is 12.1 Å². The normalized spacial score (nSPS) is 16.0. The lowest BCUT2D eigenvalue weighted by atomic mass is 9.78. The number of carbonyl (C=O) groups is 1. The van der Waals surface area contributed by atoms with Gasteiger partial charge in [0.2, 0.25) is 0 Å². The second-order valence-corrected chi connectivity index (χ2v) is 6.99.